The van der Waals surface area contributed by atoms with Crippen LogP contribution < -0.4 is 10.6 Å². The molecule has 2 saturated carbocycles. The number of amides is 1. The molecule has 2 N–H and O–H groups in total. The normalized spacial score (nSPS) is 18.1. The van der Waals surface area contributed by atoms with Gasteiger partial charge >= 0.3 is 0 Å². The number of anilines is 1. The van der Waals surface area contributed by atoms with Gasteiger partial charge in [-0.2, -0.15) is 0 Å². The Labute approximate surface area is 124 Å². The molecule has 0 atom stereocenters. The van der Waals surface area contributed by atoms with E-state index in [1.807, 2.05) is 6.92 Å². The number of halogens is 1. The van der Waals surface area contributed by atoms with Gasteiger partial charge in [0.05, 0.1) is 10.6 Å². The summed E-state index contributed by atoms with van der Waals surface area (Å²) in [4.78, 5) is 16.6. The number of hydrogen-bond donors (Lipinski definition) is 2. The molecule has 2 aliphatic rings. The highest BCUT2D eigenvalue weighted by molar-refractivity contribution is 6.33. The Morgan fingerprint density at radius 2 is 2.05 bits per heavy atom. The summed E-state index contributed by atoms with van der Waals surface area (Å²) in [7, 11) is 0. The first-order valence-electron chi connectivity index (χ1n) is 7.39. The van der Waals surface area contributed by atoms with E-state index in [4.69, 9.17) is 11.6 Å². The molecule has 1 heterocycles. The first-order valence-corrected chi connectivity index (χ1v) is 7.77. The maximum absolute atomic E-state index is 12.4. The fraction of sp³-hybridized carbons (Fsp3) is 0.600. The highest BCUT2D eigenvalue weighted by Crippen LogP contribution is 2.44. The van der Waals surface area contributed by atoms with Crippen molar-refractivity contribution in [1.29, 1.82) is 0 Å². The van der Waals surface area contributed by atoms with Crippen molar-refractivity contribution in [2.24, 2.45) is 11.8 Å². The van der Waals surface area contributed by atoms with E-state index in [0.29, 0.717) is 34.3 Å². The second-order valence-electron chi connectivity index (χ2n) is 5.75. The summed E-state index contributed by atoms with van der Waals surface area (Å²) in [5.74, 6) is 1.98. The van der Waals surface area contributed by atoms with Gasteiger partial charge in [0, 0.05) is 18.8 Å². The smallest absolute Gasteiger partial charge is 0.253 e. The summed E-state index contributed by atoms with van der Waals surface area (Å²) >= 11 is 6.11. The molecule has 0 bridgehead atoms. The maximum atomic E-state index is 12.4. The second kappa shape index (κ2) is 5.60. The number of nitrogens with one attached hydrogen (secondary N) is 2. The third-order valence-electron chi connectivity index (χ3n) is 4.02. The molecule has 4 nitrogen and oxygen atoms in total. The number of pyridine rings is 1. The molecule has 1 aromatic rings. The van der Waals surface area contributed by atoms with E-state index in [1.165, 1.54) is 31.9 Å². The minimum atomic E-state index is -0.0691. The number of carbonyl (C=O) groups excluding carboxylic acids is 1. The fourth-order valence-corrected chi connectivity index (χ4v) is 2.84. The molecule has 108 valence electrons. The Morgan fingerprint density at radius 1 is 1.40 bits per heavy atom. The Kier molecular flexibility index (Phi) is 3.83. The summed E-state index contributed by atoms with van der Waals surface area (Å²) in [5.41, 5.74) is 0.518. The van der Waals surface area contributed by atoms with Gasteiger partial charge in [-0.25, -0.2) is 4.98 Å². The highest BCUT2D eigenvalue weighted by atomic mass is 35.5. The van der Waals surface area contributed by atoms with Crippen LogP contribution >= 0.6 is 11.6 Å². The van der Waals surface area contributed by atoms with E-state index >= 15 is 0 Å². The predicted molar refractivity (Wildman–Crippen MR) is 80.1 cm³/mol. The van der Waals surface area contributed by atoms with Crippen LogP contribution in [0.1, 0.15) is 43.0 Å². The molecule has 0 radical (unpaired) electrons. The molecule has 1 aromatic heterocycles. The van der Waals surface area contributed by atoms with Gasteiger partial charge in [-0.05, 0) is 50.5 Å². The van der Waals surface area contributed by atoms with Gasteiger partial charge in [-0.3, -0.25) is 4.79 Å². The van der Waals surface area contributed by atoms with Gasteiger partial charge in [-0.15, -0.1) is 0 Å². The van der Waals surface area contributed by atoms with Crippen LogP contribution in [0.5, 0.6) is 0 Å². The van der Waals surface area contributed by atoms with Crippen LogP contribution in [-0.2, 0) is 0 Å². The zero-order valence-corrected chi connectivity index (χ0v) is 12.4. The predicted octanol–water partition coefficient (Wildman–Crippen LogP) is 3.09. The lowest BCUT2D eigenvalue weighted by Gasteiger charge is -2.18. The Hall–Kier alpha value is -1.29. The molecule has 0 unspecified atom stereocenters. The molecule has 0 spiro atoms. The average Bonchev–Trinajstić information content (AvgIpc) is 3.29. The van der Waals surface area contributed by atoms with Gasteiger partial charge in [0.2, 0.25) is 0 Å². The van der Waals surface area contributed by atoms with Crippen molar-refractivity contribution < 1.29 is 4.79 Å². The molecular formula is C15H20ClN3O. The standard InChI is InChI=1S/C15H20ClN3O/c1-2-17-13-7-11(12(16)8-18-13)15(20)19-14(9-3-4-9)10-5-6-10/h7-10,14H,2-6H2,1H3,(H,17,18)(H,19,20). The number of carbonyl (C=O) groups is 1. The average molecular weight is 294 g/mol. The quantitative estimate of drug-likeness (QED) is 0.847. The molecule has 20 heavy (non-hydrogen) atoms. The maximum Gasteiger partial charge on any atom is 0.253 e. The van der Waals surface area contributed by atoms with E-state index in [1.54, 1.807) is 6.07 Å². The number of nitrogens with zero attached hydrogens (tertiary/aromatic N) is 1. The minimum absolute atomic E-state index is 0.0691. The van der Waals surface area contributed by atoms with Crippen LogP contribution in [0.2, 0.25) is 5.02 Å². The SMILES string of the molecule is CCNc1cc(C(=O)NC(C2CC2)C2CC2)c(Cl)cn1. The summed E-state index contributed by atoms with van der Waals surface area (Å²) in [6.07, 6.45) is 6.52. The first kappa shape index (κ1) is 13.7. The lowest BCUT2D eigenvalue weighted by atomic mass is 10.1. The van der Waals surface area contributed by atoms with Crippen molar-refractivity contribution in [2.75, 3.05) is 11.9 Å². The Morgan fingerprint density at radius 3 is 2.60 bits per heavy atom. The van der Waals surface area contributed by atoms with Gasteiger partial charge < -0.3 is 10.6 Å². The molecule has 0 aromatic carbocycles. The minimum Gasteiger partial charge on any atom is -0.370 e. The zero-order chi connectivity index (χ0) is 14.1. The van der Waals surface area contributed by atoms with Crippen LogP contribution in [0.15, 0.2) is 12.3 Å². The molecule has 2 fully saturated rings. The largest absolute Gasteiger partial charge is 0.370 e. The van der Waals surface area contributed by atoms with Crippen LogP contribution in [0.3, 0.4) is 0 Å². The van der Waals surface area contributed by atoms with Crippen LogP contribution in [0.25, 0.3) is 0 Å². The number of aromatic nitrogens is 1. The molecule has 2 aliphatic carbocycles. The Balaban J connectivity index is 1.73. The van der Waals surface area contributed by atoms with E-state index < -0.39 is 0 Å². The number of hydrogen-bond acceptors (Lipinski definition) is 3. The van der Waals surface area contributed by atoms with E-state index in [2.05, 4.69) is 15.6 Å². The summed E-state index contributed by atoms with van der Waals surface area (Å²) < 4.78 is 0. The zero-order valence-electron chi connectivity index (χ0n) is 11.7. The highest BCUT2D eigenvalue weighted by Gasteiger charge is 2.42. The monoisotopic (exact) mass is 293 g/mol. The summed E-state index contributed by atoms with van der Waals surface area (Å²) in [6.45, 7) is 2.76. The molecule has 1 amide bonds. The third-order valence-corrected chi connectivity index (χ3v) is 4.32. The van der Waals surface area contributed by atoms with E-state index in [-0.39, 0.29) is 5.91 Å². The van der Waals surface area contributed by atoms with Crippen molar-refractivity contribution in [3.05, 3.63) is 22.8 Å². The molecule has 0 aliphatic heterocycles. The molecule has 0 saturated heterocycles. The third kappa shape index (κ3) is 3.06. The Bertz CT molecular complexity index is 500. The van der Waals surface area contributed by atoms with E-state index in [9.17, 15) is 4.79 Å². The first-order chi connectivity index (χ1) is 9.69. The summed E-state index contributed by atoms with van der Waals surface area (Å²) in [5, 5.41) is 6.70. The van der Waals surface area contributed by atoms with Crippen molar-refractivity contribution in [3.63, 3.8) is 0 Å². The summed E-state index contributed by atoms with van der Waals surface area (Å²) in [6, 6.07) is 2.08. The molecular weight excluding hydrogens is 274 g/mol. The lowest BCUT2D eigenvalue weighted by molar-refractivity contribution is 0.0926. The van der Waals surface area contributed by atoms with Crippen molar-refractivity contribution in [3.8, 4) is 0 Å². The number of rotatable bonds is 6. The lowest BCUT2D eigenvalue weighted by Crippen LogP contribution is -2.38. The molecule has 5 heteroatoms. The van der Waals surface area contributed by atoms with Crippen LogP contribution in [0.4, 0.5) is 5.82 Å². The van der Waals surface area contributed by atoms with Crippen molar-refractivity contribution >= 4 is 23.3 Å². The van der Waals surface area contributed by atoms with Gasteiger partial charge in [-0.1, -0.05) is 11.6 Å². The van der Waals surface area contributed by atoms with Crippen LogP contribution in [-0.4, -0.2) is 23.5 Å². The fourth-order valence-electron chi connectivity index (χ4n) is 2.65. The van der Waals surface area contributed by atoms with Gasteiger partial charge in [0.25, 0.3) is 5.91 Å². The topological polar surface area (TPSA) is 54.0 Å². The van der Waals surface area contributed by atoms with E-state index in [0.717, 1.165) is 6.54 Å². The van der Waals surface area contributed by atoms with Crippen LogP contribution in [0, 0.1) is 11.8 Å². The van der Waals surface area contributed by atoms with Crippen molar-refractivity contribution in [1.82, 2.24) is 10.3 Å². The second-order valence-corrected chi connectivity index (χ2v) is 6.16. The van der Waals surface area contributed by atoms with Gasteiger partial charge in [0.1, 0.15) is 5.82 Å². The molecule has 3 rings (SSSR count). The van der Waals surface area contributed by atoms with Gasteiger partial charge in [0.15, 0.2) is 0 Å². The van der Waals surface area contributed by atoms with Crippen molar-refractivity contribution in [2.45, 2.75) is 38.6 Å².